The second kappa shape index (κ2) is 9.40. The molecule has 1 saturated heterocycles. The lowest BCUT2D eigenvalue weighted by atomic mass is 9.85. The fourth-order valence-corrected chi connectivity index (χ4v) is 4.10. The molecular formula is C27H34N2O4. The Kier molecular flexibility index (Phi) is 6.98. The van der Waals surface area contributed by atoms with Crippen LogP contribution in [0, 0.1) is 6.92 Å². The van der Waals surface area contributed by atoms with Crippen LogP contribution in [0.4, 0.5) is 0 Å². The lowest BCUT2D eigenvalue weighted by Crippen LogP contribution is -2.35. The quantitative estimate of drug-likeness (QED) is 0.404. The van der Waals surface area contributed by atoms with Crippen LogP contribution in [0.3, 0.4) is 0 Å². The highest BCUT2D eigenvalue weighted by Crippen LogP contribution is 2.40. The maximum atomic E-state index is 13.2. The molecule has 3 rings (SSSR count). The molecule has 2 aromatic rings. The first-order chi connectivity index (χ1) is 15.5. The summed E-state index contributed by atoms with van der Waals surface area (Å²) in [7, 11) is 5.42. The normalized spacial score (nSPS) is 18.3. The number of hydrogen-bond donors (Lipinski definition) is 1. The zero-order valence-corrected chi connectivity index (χ0v) is 20.6. The number of methoxy groups -OCH3 is 1. The number of likely N-dealkylation sites (tertiary alicyclic amines) is 1. The van der Waals surface area contributed by atoms with E-state index in [0.717, 1.165) is 16.7 Å². The summed E-state index contributed by atoms with van der Waals surface area (Å²) in [6.45, 7) is 9.23. The van der Waals surface area contributed by atoms with Gasteiger partial charge in [-0.2, -0.15) is 0 Å². The van der Waals surface area contributed by atoms with Crippen LogP contribution in [0.15, 0.2) is 48.0 Å². The van der Waals surface area contributed by atoms with Gasteiger partial charge in [0, 0.05) is 18.7 Å². The smallest absolute Gasteiger partial charge is 0.295 e. The lowest BCUT2D eigenvalue weighted by molar-refractivity contribution is -0.140. The molecule has 6 nitrogen and oxygen atoms in total. The number of aliphatic hydroxyl groups is 1. The molecule has 0 saturated carbocycles. The zero-order chi connectivity index (χ0) is 24.5. The lowest BCUT2D eigenvalue weighted by Gasteiger charge is -2.27. The van der Waals surface area contributed by atoms with E-state index in [9.17, 15) is 14.7 Å². The minimum Gasteiger partial charge on any atom is -0.507 e. The summed E-state index contributed by atoms with van der Waals surface area (Å²) in [5, 5.41) is 11.3. The zero-order valence-electron chi connectivity index (χ0n) is 20.6. The van der Waals surface area contributed by atoms with E-state index in [1.54, 1.807) is 30.2 Å². The molecule has 176 valence electrons. The fraction of sp³-hybridized carbons (Fsp3) is 0.407. The third-order valence-corrected chi connectivity index (χ3v) is 6.11. The SMILES string of the molecule is COc1ccc(C(O)=C2C(=O)C(=O)N(CCN(C)C)C2c2ccc(C(C)(C)C)cc2)c(C)c1. The van der Waals surface area contributed by atoms with Gasteiger partial charge in [-0.15, -0.1) is 0 Å². The highest BCUT2D eigenvalue weighted by Gasteiger charge is 2.46. The highest BCUT2D eigenvalue weighted by atomic mass is 16.5. The highest BCUT2D eigenvalue weighted by molar-refractivity contribution is 6.46. The number of benzene rings is 2. The fourth-order valence-electron chi connectivity index (χ4n) is 4.10. The standard InChI is InChI=1S/C27H34N2O4/c1-17-16-20(33-7)12-13-21(17)24(30)22-23(18-8-10-19(11-9-18)27(2,3)4)29(15-14-28(5)6)26(32)25(22)31/h8-13,16,23,30H,14-15H2,1-7H3. The van der Waals surface area contributed by atoms with Crippen molar-refractivity contribution in [2.75, 3.05) is 34.3 Å². The minimum atomic E-state index is -0.661. The molecule has 1 aliphatic heterocycles. The molecule has 6 heteroatoms. The van der Waals surface area contributed by atoms with Gasteiger partial charge in [-0.1, -0.05) is 45.0 Å². The summed E-state index contributed by atoms with van der Waals surface area (Å²) in [5.74, 6) is -0.753. The summed E-state index contributed by atoms with van der Waals surface area (Å²) >= 11 is 0. The molecule has 1 atom stereocenters. The third kappa shape index (κ3) is 4.96. The number of carbonyl (C=O) groups is 2. The van der Waals surface area contributed by atoms with Crippen molar-refractivity contribution in [3.63, 3.8) is 0 Å². The minimum absolute atomic E-state index is 0.0224. The van der Waals surface area contributed by atoms with Gasteiger partial charge in [-0.25, -0.2) is 0 Å². The number of nitrogens with zero attached hydrogens (tertiary/aromatic N) is 2. The molecule has 1 amide bonds. The topological polar surface area (TPSA) is 70.1 Å². The summed E-state index contributed by atoms with van der Waals surface area (Å²) in [6.07, 6.45) is 0. The number of likely N-dealkylation sites (N-methyl/N-ethyl adjacent to an activating group) is 1. The third-order valence-electron chi connectivity index (χ3n) is 6.11. The van der Waals surface area contributed by atoms with E-state index in [1.807, 2.05) is 50.2 Å². The van der Waals surface area contributed by atoms with Crippen LogP contribution in [0.2, 0.25) is 0 Å². The van der Waals surface area contributed by atoms with E-state index in [1.165, 1.54) is 0 Å². The molecule has 0 spiro atoms. The Morgan fingerprint density at radius 1 is 1.09 bits per heavy atom. The average molecular weight is 451 g/mol. The molecule has 1 aliphatic rings. The molecule has 1 unspecified atom stereocenters. The Morgan fingerprint density at radius 2 is 1.73 bits per heavy atom. The summed E-state index contributed by atoms with van der Waals surface area (Å²) in [4.78, 5) is 29.8. The van der Waals surface area contributed by atoms with Crippen molar-refractivity contribution in [3.8, 4) is 5.75 Å². The summed E-state index contributed by atoms with van der Waals surface area (Å²) in [5.41, 5.74) is 3.32. The van der Waals surface area contributed by atoms with Gasteiger partial charge in [0.1, 0.15) is 11.5 Å². The second-order valence-corrected chi connectivity index (χ2v) is 9.85. The van der Waals surface area contributed by atoms with Crippen molar-refractivity contribution in [1.29, 1.82) is 0 Å². The number of carbonyl (C=O) groups excluding carboxylic acids is 2. The summed E-state index contributed by atoms with van der Waals surface area (Å²) in [6, 6.07) is 12.6. The Morgan fingerprint density at radius 3 is 2.24 bits per heavy atom. The van der Waals surface area contributed by atoms with Crippen LogP contribution < -0.4 is 4.74 Å². The second-order valence-electron chi connectivity index (χ2n) is 9.85. The molecule has 33 heavy (non-hydrogen) atoms. The maximum Gasteiger partial charge on any atom is 0.295 e. The van der Waals surface area contributed by atoms with Gasteiger partial charge in [-0.05, 0) is 61.3 Å². The Balaban J connectivity index is 2.16. The molecule has 1 heterocycles. The van der Waals surface area contributed by atoms with E-state index in [0.29, 0.717) is 24.4 Å². The van der Waals surface area contributed by atoms with Crippen molar-refractivity contribution in [1.82, 2.24) is 9.80 Å². The van der Waals surface area contributed by atoms with Crippen molar-refractivity contribution in [3.05, 3.63) is 70.3 Å². The van der Waals surface area contributed by atoms with Crippen LogP contribution in [-0.2, 0) is 15.0 Å². The molecule has 0 aliphatic carbocycles. The average Bonchev–Trinajstić information content (AvgIpc) is 3.01. The monoisotopic (exact) mass is 450 g/mol. The van der Waals surface area contributed by atoms with E-state index in [2.05, 4.69) is 20.8 Å². The number of ketones is 1. The van der Waals surface area contributed by atoms with Crippen LogP contribution >= 0.6 is 0 Å². The van der Waals surface area contributed by atoms with Crippen molar-refractivity contribution >= 4 is 17.4 Å². The van der Waals surface area contributed by atoms with Crippen molar-refractivity contribution in [2.45, 2.75) is 39.2 Å². The number of aliphatic hydroxyl groups excluding tert-OH is 1. The maximum absolute atomic E-state index is 13.2. The van der Waals surface area contributed by atoms with Gasteiger partial charge >= 0.3 is 0 Å². The van der Waals surface area contributed by atoms with Gasteiger partial charge in [0.15, 0.2) is 0 Å². The summed E-state index contributed by atoms with van der Waals surface area (Å²) < 4.78 is 5.26. The van der Waals surface area contributed by atoms with Crippen molar-refractivity contribution in [2.24, 2.45) is 0 Å². The van der Waals surface area contributed by atoms with Gasteiger partial charge in [0.25, 0.3) is 11.7 Å². The van der Waals surface area contributed by atoms with Crippen LogP contribution in [0.1, 0.15) is 49.1 Å². The largest absolute Gasteiger partial charge is 0.507 e. The van der Waals surface area contributed by atoms with Gasteiger partial charge in [-0.3, -0.25) is 9.59 Å². The van der Waals surface area contributed by atoms with E-state index in [4.69, 9.17) is 4.74 Å². The molecular weight excluding hydrogens is 416 g/mol. The van der Waals surface area contributed by atoms with Crippen molar-refractivity contribution < 1.29 is 19.4 Å². The molecule has 1 fully saturated rings. The van der Waals surface area contributed by atoms with E-state index < -0.39 is 17.7 Å². The molecule has 0 aromatic heterocycles. The van der Waals surface area contributed by atoms with Gasteiger partial charge < -0.3 is 19.6 Å². The number of ether oxygens (including phenoxy) is 1. The first kappa shape index (κ1) is 24.5. The molecule has 2 aromatic carbocycles. The van der Waals surface area contributed by atoms with Crippen LogP contribution in [0.5, 0.6) is 5.75 Å². The molecule has 0 radical (unpaired) electrons. The number of aryl methyl sites for hydroxylation is 1. The number of rotatable bonds is 6. The predicted octanol–water partition coefficient (Wildman–Crippen LogP) is 4.28. The van der Waals surface area contributed by atoms with E-state index >= 15 is 0 Å². The Hall–Kier alpha value is -3.12. The molecule has 0 bridgehead atoms. The Bertz CT molecular complexity index is 1080. The van der Waals surface area contributed by atoms with Crippen LogP contribution in [0.25, 0.3) is 5.76 Å². The molecule has 1 N–H and O–H groups in total. The predicted molar refractivity (Wildman–Crippen MR) is 130 cm³/mol. The number of Topliss-reactive ketones (excluding diaryl/α,β-unsaturated/α-hetero) is 1. The number of amides is 1. The first-order valence-corrected chi connectivity index (χ1v) is 11.1. The number of hydrogen-bond acceptors (Lipinski definition) is 5. The van der Waals surface area contributed by atoms with Gasteiger partial charge in [0.05, 0.1) is 18.7 Å². The van der Waals surface area contributed by atoms with Crippen LogP contribution in [-0.4, -0.2) is 60.9 Å². The first-order valence-electron chi connectivity index (χ1n) is 11.1. The van der Waals surface area contributed by atoms with Gasteiger partial charge in [0.2, 0.25) is 0 Å². The van der Waals surface area contributed by atoms with E-state index in [-0.39, 0.29) is 16.7 Å². The Labute approximate surface area is 196 Å².